The van der Waals surface area contributed by atoms with Gasteiger partial charge < -0.3 is 14.6 Å². The molecule has 1 aliphatic rings. The second kappa shape index (κ2) is 6.39. The minimum atomic E-state index is -0.0889. The van der Waals surface area contributed by atoms with E-state index in [4.69, 9.17) is 4.74 Å². The molecule has 128 valence electrons. The van der Waals surface area contributed by atoms with Gasteiger partial charge >= 0.3 is 0 Å². The van der Waals surface area contributed by atoms with Crippen molar-refractivity contribution in [2.24, 2.45) is 0 Å². The van der Waals surface area contributed by atoms with Gasteiger partial charge in [0, 0.05) is 30.7 Å². The molecule has 0 aromatic carbocycles. The molecule has 0 unspecified atom stereocenters. The third-order valence-corrected chi connectivity index (χ3v) is 4.26. The van der Waals surface area contributed by atoms with Crippen LogP contribution in [0.2, 0.25) is 0 Å². The first-order valence-electron chi connectivity index (χ1n) is 8.08. The third-order valence-electron chi connectivity index (χ3n) is 4.26. The molecule has 1 atom stereocenters. The number of hydrogen-bond donors (Lipinski definition) is 1. The first-order chi connectivity index (χ1) is 12.2. The van der Waals surface area contributed by atoms with Gasteiger partial charge in [0.1, 0.15) is 18.3 Å². The van der Waals surface area contributed by atoms with E-state index in [0.717, 1.165) is 11.4 Å². The highest BCUT2D eigenvalue weighted by molar-refractivity contribution is 5.93. The average molecular weight is 338 g/mol. The molecule has 0 saturated carbocycles. The minimum absolute atomic E-state index is 0.0797. The number of aromatic amines is 1. The molecule has 8 nitrogen and oxygen atoms in total. The standard InChI is InChI=1S/C17H18N6O2/c1-12-16(20-11-19-12)17(24)22-8-13-5-7-21-23(13)14(9-22)10-25-15-4-2-3-6-18-15/h2-7,11,14H,8-10H2,1H3,(H,19,20)/t14-/m1/s1. The zero-order valence-corrected chi connectivity index (χ0v) is 13.8. The summed E-state index contributed by atoms with van der Waals surface area (Å²) in [6.07, 6.45) is 4.97. The zero-order valence-electron chi connectivity index (χ0n) is 13.8. The Morgan fingerprint density at radius 2 is 2.24 bits per heavy atom. The lowest BCUT2D eigenvalue weighted by Crippen LogP contribution is -2.43. The molecule has 0 radical (unpaired) electrons. The number of imidazole rings is 1. The number of rotatable bonds is 4. The fourth-order valence-electron chi connectivity index (χ4n) is 3.00. The summed E-state index contributed by atoms with van der Waals surface area (Å²) in [5.74, 6) is 0.469. The zero-order chi connectivity index (χ0) is 17.2. The van der Waals surface area contributed by atoms with Crippen LogP contribution in [0.3, 0.4) is 0 Å². The molecule has 1 N–H and O–H groups in total. The number of carbonyl (C=O) groups excluding carboxylic acids is 1. The molecule has 0 aliphatic carbocycles. The van der Waals surface area contributed by atoms with Crippen LogP contribution < -0.4 is 4.74 Å². The lowest BCUT2D eigenvalue weighted by Gasteiger charge is -2.33. The maximum atomic E-state index is 12.8. The van der Waals surface area contributed by atoms with Crippen molar-refractivity contribution >= 4 is 5.91 Å². The number of hydrogen-bond acceptors (Lipinski definition) is 5. The van der Waals surface area contributed by atoms with Crippen molar-refractivity contribution < 1.29 is 9.53 Å². The Hall–Kier alpha value is -3.16. The lowest BCUT2D eigenvalue weighted by molar-refractivity contribution is 0.0625. The average Bonchev–Trinajstić information content (AvgIpc) is 3.28. The fourth-order valence-corrected chi connectivity index (χ4v) is 3.00. The number of fused-ring (bicyclic) bond motifs is 1. The quantitative estimate of drug-likeness (QED) is 0.780. The van der Waals surface area contributed by atoms with Gasteiger partial charge in [-0.2, -0.15) is 5.10 Å². The smallest absolute Gasteiger partial charge is 0.274 e. The number of aromatic nitrogens is 5. The van der Waals surface area contributed by atoms with Gasteiger partial charge in [0.25, 0.3) is 5.91 Å². The van der Waals surface area contributed by atoms with Gasteiger partial charge in [0.05, 0.1) is 18.6 Å². The Balaban J connectivity index is 1.53. The Bertz CT molecular complexity index is 872. The highest BCUT2D eigenvalue weighted by Gasteiger charge is 2.31. The first-order valence-corrected chi connectivity index (χ1v) is 8.08. The molecule has 0 fully saturated rings. The molecular formula is C17H18N6O2. The Morgan fingerprint density at radius 1 is 1.32 bits per heavy atom. The molecular weight excluding hydrogens is 320 g/mol. The van der Waals surface area contributed by atoms with E-state index in [9.17, 15) is 4.79 Å². The third kappa shape index (κ3) is 2.98. The summed E-state index contributed by atoms with van der Waals surface area (Å²) in [5, 5.41) is 4.38. The van der Waals surface area contributed by atoms with Crippen molar-refractivity contribution in [1.29, 1.82) is 0 Å². The van der Waals surface area contributed by atoms with Crippen LogP contribution in [0.15, 0.2) is 43.0 Å². The number of ether oxygens (including phenoxy) is 1. The van der Waals surface area contributed by atoms with Gasteiger partial charge in [-0.05, 0) is 19.1 Å². The number of aryl methyl sites for hydroxylation is 1. The van der Waals surface area contributed by atoms with E-state index in [0.29, 0.717) is 31.3 Å². The van der Waals surface area contributed by atoms with Crippen molar-refractivity contribution in [3.63, 3.8) is 0 Å². The summed E-state index contributed by atoms with van der Waals surface area (Å²) < 4.78 is 7.70. The molecule has 0 saturated heterocycles. The van der Waals surface area contributed by atoms with Crippen molar-refractivity contribution in [2.75, 3.05) is 13.2 Å². The SMILES string of the molecule is Cc1[nH]cnc1C(=O)N1Cc2ccnn2[C@@H](COc2ccccn2)C1. The summed E-state index contributed by atoms with van der Waals surface area (Å²) >= 11 is 0. The monoisotopic (exact) mass is 338 g/mol. The topological polar surface area (TPSA) is 88.9 Å². The normalized spacial score (nSPS) is 16.5. The predicted octanol–water partition coefficient (Wildman–Crippen LogP) is 1.59. The molecule has 0 bridgehead atoms. The summed E-state index contributed by atoms with van der Waals surface area (Å²) in [7, 11) is 0. The molecule has 4 heterocycles. The van der Waals surface area contributed by atoms with E-state index in [1.165, 1.54) is 0 Å². The summed E-state index contributed by atoms with van der Waals surface area (Å²) in [6.45, 7) is 3.24. The Morgan fingerprint density at radius 3 is 3.00 bits per heavy atom. The largest absolute Gasteiger partial charge is 0.475 e. The number of amides is 1. The Kier molecular flexibility index (Phi) is 3.93. The molecule has 4 rings (SSSR count). The lowest BCUT2D eigenvalue weighted by atomic mass is 10.1. The summed E-state index contributed by atoms with van der Waals surface area (Å²) in [6, 6.07) is 7.36. The predicted molar refractivity (Wildman–Crippen MR) is 89.1 cm³/mol. The van der Waals surface area contributed by atoms with Gasteiger partial charge in [-0.3, -0.25) is 9.48 Å². The number of pyridine rings is 1. The Labute approximate surface area is 144 Å². The van der Waals surface area contributed by atoms with Gasteiger partial charge in [0.2, 0.25) is 5.88 Å². The first kappa shape index (κ1) is 15.4. The highest BCUT2D eigenvalue weighted by atomic mass is 16.5. The molecule has 3 aromatic heterocycles. The maximum absolute atomic E-state index is 12.8. The van der Waals surface area contributed by atoms with Gasteiger partial charge in [-0.15, -0.1) is 0 Å². The van der Waals surface area contributed by atoms with Crippen molar-refractivity contribution in [2.45, 2.75) is 19.5 Å². The van der Waals surface area contributed by atoms with E-state index in [-0.39, 0.29) is 11.9 Å². The second-order valence-electron chi connectivity index (χ2n) is 5.96. The van der Waals surface area contributed by atoms with Crippen LogP contribution in [0.4, 0.5) is 0 Å². The minimum Gasteiger partial charge on any atom is -0.475 e. The maximum Gasteiger partial charge on any atom is 0.274 e. The van der Waals surface area contributed by atoms with E-state index in [2.05, 4.69) is 20.1 Å². The van der Waals surface area contributed by atoms with E-state index in [1.54, 1.807) is 23.6 Å². The van der Waals surface area contributed by atoms with Crippen LogP contribution in [0.25, 0.3) is 0 Å². The summed E-state index contributed by atoms with van der Waals surface area (Å²) in [5.41, 5.74) is 2.20. The number of nitrogens with one attached hydrogen (secondary N) is 1. The van der Waals surface area contributed by atoms with E-state index in [1.807, 2.05) is 35.9 Å². The molecule has 3 aromatic rings. The molecule has 8 heteroatoms. The van der Waals surface area contributed by atoms with Crippen molar-refractivity contribution in [1.82, 2.24) is 29.6 Å². The van der Waals surface area contributed by atoms with Crippen LogP contribution >= 0.6 is 0 Å². The van der Waals surface area contributed by atoms with Crippen LogP contribution in [0.1, 0.15) is 27.9 Å². The van der Waals surface area contributed by atoms with Crippen LogP contribution in [0, 0.1) is 6.92 Å². The van der Waals surface area contributed by atoms with Crippen LogP contribution in [-0.4, -0.2) is 48.7 Å². The van der Waals surface area contributed by atoms with E-state index < -0.39 is 0 Å². The van der Waals surface area contributed by atoms with Gasteiger partial charge in [-0.1, -0.05) is 6.07 Å². The van der Waals surface area contributed by atoms with Crippen LogP contribution in [0.5, 0.6) is 5.88 Å². The number of nitrogens with zero attached hydrogens (tertiary/aromatic N) is 5. The van der Waals surface area contributed by atoms with Crippen molar-refractivity contribution in [3.05, 3.63) is 60.1 Å². The van der Waals surface area contributed by atoms with Gasteiger partial charge in [0.15, 0.2) is 0 Å². The van der Waals surface area contributed by atoms with Crippen molar-refractivity contribution in [3.8, 4) is 5.88 Å². The number of H-pyrrole nitrogens is 1. The van der Waals surface area contributed by atoms with Crippen LogP contribution in [-0.2, 0) is 6.54 Å². The molecule has 25 heavy (non-hydrogen) atoms. The molecule has 1 aliphatic heterocycles. The summed E-state index contributed by atoms with van der Waals surface area (Å²) in [4.78, 5) is 25.8. The molecule has 0 spiro atoms. The number of carbonyl (C=O) groups is 1. The fraction of sp³-hybridized carbons (Fsp3) is 0.294. The highest BCUT2D eigenvalue weighted by Crippen LogP contribution is 2.23. The molecule has 1 amide bonds. The van der Waals surface area contributed by atoms with Gasteiger partial charge in [-0.25, -0.2) is 9.97 Å². The second-order valence-corrected chi connectivity index (χ2v) is 5.96. The van der Waals surface area contributed by atoms with E-state index >= 15 is 0 Å².